The highest BCUT2D eigenvalue weighted by molar-refractivity contribution is 5.90. The van der Waals surface area contributed by atoms with Crippen LogP contribution in [-0.2, 0) is 0 Å². The summed E-state index contributed by atoms with van der Waals surface area (Å²) in [5, 5.41) is 0. The molecule has 0 amide bonds. The standard InChI is InChI=1S/C22H26O2/c1-2-6-17-9-11-18(12-10-17)19-13-15-21(16-14-19)24-22(23)20-7-4-3-5-8-20/h3-5,7-8,13-18H,2,6,9-12H2,1H3. The quantitative estimate of drug-likeness (QED) is 0.500. The number of carbonyl (C=O) groups is 1. The van der Waals surface area contributed by atoms with E-state index in [0.717, 1.165) is 5.92 Å². The van der Waals surface area contributed by atoms with Crippen molar-refractivity contribution in [3.63, 3.8) is 0 Å². The van der Waals surface area contributed by atoms with Crippen LogP contribution in [0.1, 0.15) is 67.3 Å². The molecule has 1 saturated carbocycles. The number of ether oxygens (including phenoxy) is 1. The average Bonchev–Trinajstić information content (AvgIpc) is 2.64. The molecular formula is C22H26O2. The monoisotopic (exact) mass is 322 g/mol. The highest BCUT2D eigenvalue weighted by Crippen LogP contribution is 2.37. The van der Waals surface area contributed by atoms with Crippen LogP contribution in [0.4, 0.5) is 0 Å². The van der Waals surface area contributed by atoms with Gasteiger partial charge in [-0.2, -0.15) is 0 Å². The Balaban J connectivity index is 1.57. The summed E-state index contributed by atoms with van der Waals surface area (Å²) in [6.07, 6.45) is 7.95. The van der Waals surface area contributed by atoms with Gasteiger partial charge in [-0.3, -0.25) is 0 Å². The van der Waals surface area contributed by atoms with Crippen molar-refractivity contribution in [2.45, 2.75) is 51.4 Å². The normalized spacial score (nSPS) is 20.5. The Labute approximate surface area is 144 Å². The van der Waals surface area contributed by atoms with E-state index in [1.54, 1.807) is 12.1 Å². The number of carbonyl (C=O) groups excluding carboxylic acids is 1. The minimum Gasteiger partial charge on any atom is -0.423 e. The molecule has 0 heterocycles. The van der Waals surface area contributed by atoms with Crippen molar-refractivity contribution in [1.82, 2.24) is 0 Å². The van der Waals surface area contributed by atoms with Gasteiger partial charge in [0.2, 0.25) is 0 Å². The van der Waals surface area contributed by atoms with Crippen LogP contribution >= 0.6 is 0 Å². The van der Waals surface area contributed by atoms with E-state index >= 15 is 0 Å². The highest BCUT2D eigenvalue weighted by atomic mass is 16.5. The second kappa shape index (κ2) is 8.14. The number of esters is 1. The van der Waals surface area contributed by atoms with Crippen molar-refractivity contribution in [2.24, 2.45) is 5.92 Å². The minimum atomic E-state index is -0.302. The van der Waals surface area contributed by atoms with Crippen LogP contribution in [0.15, 0.2) is 54.6 Å². The van der Waals surface area contributed by atoms with Gasteiger partial charge in [-0.1, -0.05) is 50.1 Å². The lowest BCUT2D eigenvalue weighted by molar-refractivity contribution is 0.0734. The Morgan fingerprint density at radius 2 is 1.62 bits per heavy atom. The first kappa shape index (κ1) is 16.8. The third kappa shape index (κ3) is 4.25. The third-order valence-corrected chi connectivity index (χ3v) is 5.12. The molecule has 1 fully saturated rings. The van der Waals surface area contributed by atoms with Crippen LogP contribution < -0.4 is 4.74 Å². The molecule has 1 aliphatic rings. The third-order valence-electron chi connectivity index (χ3n) is 5.12. The predicted octanol–water partition coefficient (Wildman–Crippen LogP) is 5.98. The second-order valence-corrected chi connectivity index (χ2v) is 6.83. The molecule has 0 unspecified atom stereocenters. The molecular weight excluding hydrogens is 296 g/mol. The van der Waals surface area contributed by atoms with Gasteiger partial charge in [0.1, 0.15) is 5.75 Å². The first-order chi connectivity index (χ1) is 11.8. The van der Waals surface area contributed by atoms with E-state index in [9.17, 15) is 4.79 Å². The summed E-state index contributed by atoms with van der Waals surface area (Å²) in [6.45, 7) is 2.28. The Kier molecular flexibility index (Phi) is 5.68. The van der Waals surface area contributed by atoms with Gasteiger partial charge < -0.3 is 4.74 Å². The van der Waals surface area contributed by atoms with E-state index in [1.165, 1.54) is 44.1 Å². The van der Waals surface area contributed by atoms with Crippen molar-refractivity contribution in [3.05, 3.63) is 65.7 Å². The molecule has 126 valence electrons. The van der Waals surface area contributed by atoms with Gasteiger partial charge >= 0.3 is 5.97 Å². The van der Waals surface area contributed by atoms with Gasteiger partial charge in [0, 0.05) is 0 Å². The largest absolute Gasteiger partial charge is 0.423 e. The molecule has 0 N–H and O–H groups in total. The van der Waals surface area contributed by atoms with E-state index < -0.39 is 0 Å². The lowest BCUT2D eigenvalue weighted by Crippen LogP contribution is -2.13. The fourth-order valence-electron chi connectivity index (χ4n) is 3.74. The predicted molar refractivity (Wildman–Crippen MR) is 97.4 cm³/mol. The Morgan fingerprint density at radius 3 is 2.25 bits per heavy atom. The molecule has 0 aromatic heterocycles. The van der Waals surface area contributed by atoms with E-state index in [-0.39, 0.29) is 5.97 Å². The molecule has 0 spiro atoms. The van der Waals surface area contributed by atoms with Crippen LogP contribution in [0.2, 0.25) is 0 Å². The average molecular weight is 322 g/mol. The molecule has 0 saturated heterocycles. The molecule has 0 aliphatic heterocycles. The van der Waals surface area contributed by atoms with Gasteiger partial charge in [0.15, 0.2) is 0 Å². The fourth-order valence-corrected chi connectivity index (χ4v) is 3.74. The Bertz CT molecular complexity index is 637. The lowest BCUT2D eigenvalue weighted by Gasteiger charge is -2.28. The molecule has 0 bridgehead atoms. The van der Waals surface area contributed by atoms with Gasteiger partial charge in [-0.15, -0.1) is 0 Å². The summed E-state index contributed by atoms with van der Waals surface area (Å²) in [5.41, 5.74) is 1.96. The van der Waals surface area contributed by atoms with Gasteiger partial charge in [0.25, 0.3) is 0 Å². The van der Waals surface area contributed by atoms with Crippen molar-refractivity contribution in [2.75, 3.05) is 0 Å². The van der Waals surface area contributed by atoms with E-state index in [0.29, 0.717) is 17.2 Å². The SMILES string of the molecule is CCCC1CCC(c2ccc(OC(=O)c3ccccc3)cc2)CC1. The first-order valence-corrected chi connectivity index (χ1v) is 9.13. The van der Waals surface area contributed by atoms with Gasteiger partial charge in [-0.05, 0) is 67.3 Å². The summed E-state index contributed by atoms with van der Waals surface area (Å²) in [5.74, 6) is 1.91. The van der Waals surface area contributed by atoms with Gasteiger partial charge in [-0.25, -0.2) is 4.79 Å². The fraction of sp³-hybridized carbons (Fsp3) is 0.409. The zero-order valence-electron chi connectivity index (χ0n) is 14.4. The van der Waals surface area contributed by atoms with Crippen LogP contribution in [-0.4, -0.2) is 5.97 Å². The molecule has 1 aliphatic carbocycles. The summed E-state index contributed by atoms with van der Waals surface area (Å²) in [6, 6.07) is 17.2. The zero-order chi connectivity index (χ0) is 16.8. The van der Waals surface area contributed by atoms with Crippen molar-refractivity contribution in [3.8, 4) is 5.75 Å². The maximum absolute atomic E-state index is 12.1. The first-order valence-electron chi connectivity index (χ1n) is 9.13. The minimum absolute atomic E-state index is 0.302. The number of benzene rings is 2. The highest BCUT2D eigenvalue weighted by Gasteiger charge is 2.21. The maximum atomic E-state index is 12.1. The lowest BCUT2D eigenvalue weighted by atomic mass is 9.77. The summed E-state index contributed by atoms with van der Waals surface area (Å²) in [4.78, 5) is 12.1. The van der Waals surface area contributed by atoms with E-state index in [4.69, 9.17) is 4.74 Å². The number of hydrogen-bond donors (Lipinski definition) is 0. The van der Waals surface area contributed by atoms with Gasteiger partial charge in [0.05, 0.1) is 5.56 Å². The number of rotatable bonds is 5. The molecule has 3 rings (SSSR count). The summed E-state index contributed by atoms with van der Waals surface area (Å²) >= 11 is 0. The maximum Gasteiger partial charge on any atom is 0.343 e. The zero-order valence-corrected chi connectivity index (χ0v) is 14.4. The second-order valence-electron chi connectivity index (χ2n) is 6.83. The Hall–Kier alpha value is -2.09. The van der Waals surface area contributed by atoms with Crippen molar-refractivity contribution in [1.29, 1.82) is 0 Å². The van der Waals surface area contributed by atoms with Crippen LogP contribution in [0.3, 0.4) is 0 Å². The molecule has 2 heteroatoms. The molecule has 2 aromatic rings. The van der Waals surface area contributed by atoms with Crippen LogP contribution in [0.5, 0.6) is 5.75 Å². The van der Waals surface area contributed by atoms with Crippen molar-refractivity contribution >= 4 is 5.97 Å². The molecule has 2 aromatic carbocycles. The molecule has 2 nitrogen and oxygen atoms in total. The summed E-state index contributed by atoms with van der Waals surface area (Å²) in [7, 11) is 0. The topological polar surface area (TPSA) is 26.3 Å². The number of hydrogen-bond acceptors (Lipinski definition) is 2. The summed E-state index contributed by atoms with van der Waals surface area (Å²) < 4.78 is 5.45. The van der Waals surface area contributed by atoms with Crippen molar-refractivity contribution < 1.29 is 9.53 Å². The molecule has 0 atom stereocenters. The van der Waals surface area contributed by atoms with E-state index in [1.807, 2.05) is 30.3 Å². The Morgan fingerprint density at radius 1 is 0.958 bits per heavy atom. The van der Waals surface area contributed by atoms with Crippen LogP contribution in [0, 0.1) is 5.92 Å². The smallest absolute Gasteiger partial charge is 0.343 e. The molecule has 0 radical (unpaired) electrons. The van der Waals surface area contributed by atoms with Crippen LogP contribution in [0.25, 0.3) is 0 Å². The molecule has 24 heavy (non-hydrogen) atoms. The van der Waals surface area contributed by atoms with E-state index in [2.05, 4.69) is 19.1 Å².